The second kappa shape index (κ2) is 8.95. The summed E-state index contributed by atoms with van der Waals surface area (Å²) in [4.78, 5) is 12.5. The minimum Gasteiger partial charge on any atom is -0.465 e. The molecule has 0 unspecified atom stereocenters. The van der Waals surface area contributed by atoms with Crippen molar-refractivity contribution in [2.75, 3.05) is 18.2 Å². The molecule has 1 N–H and O–H groups in total. The molecule has 1 rings (SSSR count). The Bertz CT molecular complexity index is 559. The van der Waals surface area contributed by atoms with Gasteiger partial charge in [0.05, 0.1) is 16.7 Å². The molecular formula is C12H17Cl2NO4S2. The maximum atomic E-state index is 12.0. The smallest absolute Gasteiger partial charge is 0.324 e. The summed E-state index contributed by atoms with van der Waals surface area (Å²) >= 11 is 12.7. The summed E-state index contributed by atoms with van der Waals surface area (Å²) in [5.74, 6) is -0.574. The average Bonchev–Trinajstić information content (AvgIpc) is 2.82. The van der Waals surface area contributed by atoms with Gasteiger partial charge in [-0.25, -0.2) is 13.1 Å². The van der Waals surface area contributed by atoms with E-state index in [2.05, 4.69) is 4.72 Å². The molecule has 9 heteroatoms. The van der Waals surface area contributed by atoms with Crippen LogP contribution in [-0.4, -0.2) is 38.7 Å². The van der Waals surface area contributed by atoms with E-state index in [-0.39, 0.29) is 24.7 Å². The van der Waals surface area contributed by atoms with E-state index in [1.54, 1.807) is 19.1 Å². The third kappa shape index (κ3) is 6.97. The molecule has 21 heavy (non-hydrogen) atoms. The van der Waals surface area contributed by atoms with Crippen molar-refractivity contribution in [3.63, 3.8) is 0 Å². The van der Waals surface area contributed by atoms with Crippen LogP contribution in [0.4, 0.5) is 0 Å². The van der Waals surface area contributed by atoms with Crippen LogP contribution >= 0.6 is 34.5 Å². The number of aryl methyl sites for hydroxylation is 1. The van der Waals surface area contributed by atoms with E-state index in [0.717, 1.165) is 4.88 Å². The van der Waals surface area contributed by atoms with Crippen LogP contribution < -0.4 is 4.72 Å². The number of thiophene rings is 1. The number of hydrogen-bond acceptors (Lipinski definition) is 5. The van der Waals surface area contributed by atoms with Gasteiger partial charge in [0, 0.05) is 10.8 Å². The summed E-state index contributed by atoms with van der Waals surface area (Å²) in [7, 11) is -3.60. The van der Waals surface area contributed by atoms with Crippen LogP contribution in [0.1, 0.15) is 18.2 Å². The first-order chi connectivity index (χ1) is 9.88. The van der Waals surface area contributed by atoms with Crippen molar-refractivity contribution >= 4 is 50.5 Å². The van der Waals surface area contributed by atoms with Gasteiger partial charge in [-0.05, 0) is 31.9 Å². The molecule has 0 amide bonds. The second-order valence-corrected chi connectivity index (χ2v) is 8.23. The van der Waals surface area contributed by atoms with Crippen LogP contribution in [0.3, 0.4) is 0 Å². The Morgan fingerprint density at radius 1 is 1.48 bits per heavy atom. The molecule has 120 valence electrons. The summed E-state index contributed by atoms with van der Waals surface area (Å²) in [5, 5.41) is 0. The molecule has 1 heterocycles. The fraction of sp³-hybridized carbons (Fsp3) is 0.583. The van der Waals surface area contributed by atoms with Crippen LogP contribution in [0.25, 0.3) is 0 Å². The lowest BCUT2D eigenvalue weighted by Crippen LogP contribution is -2.43. The molecule has 0 fully saturated rings. The van der Waals surface area contributed by atoms with Crippen molar-refractivity contribution in [2.45, 2.75) is 25.8 Å². The van der Waals surface area contributed by atoms with Gasteiger partial charge in [-0.1, -0.05) is 11.6 Å². The zero-order valence-corrected chi connectivity index (χ0v) is 14.6. The first-order valence-electron chi connectivity index (χ1n) is 6.34. The van der Waals surface area contributed by atoms with Crippen LogP contribution in [0, 0.1) is 0 Å². The van der Waals surface area contributed by atoms with Gasteiger partial charge in [0.25, 0.3) is 0 Å². The monoisotopic (exact) mass is 373 g/mol. The van der Waals surface area contributed by atoms with Gasteiger partial charge in [-0.15, -0.1) is 22.9 Å². The van der Waals surface area contributed by atoms with E-state index in [1.165, 1.54) is 11.3 Å². The van der Waals surface area contributed by atoms with Gasteiger partial charge in [0.2, 0.25) is 10.0 Å². The predicted molar refractivity (Wildman–Crippen MR) is 85.7 cm³/mol. The minimum absolute atomic E-state index is 0.123. The molecule has 0 aliphatic rings. The maximum Gasteiger partial charge on any atom is 0.324 e. The number of hydrogen-bond donors (Lipinski definition) is 1. The summed E-state index contributed by atoms with van der Waals surface area (Å²) < 4.78 is 31.8. The number of carbonyl (C=O) groups excluding carboxylic acids is 1. The zero-order valence-electron chi connectivity index (χ0n) is 11.5. The Labute approximate surface area is 138 Å². The Morgan fingerprint density at radius 3 is 2.71 bits per heavy atom. The molecule has 0 bridgehead atoms. The Morgan fingerprint density at radius 2 is 2.19 bits per heavy atom. The molecule has 0 saturated heterocycles. The molecule has 0 aliphatic carbocycles. The van der Waals surface area contributed by atoms with Crippen molar-refractivity contribution in [3.8, 4) is 0 Å². The third-order valence-electron chi connectivity index (χ3n) is 2.54. The highest BCUT2D eigenvalue weighted by atomic mass is 35.5. The Kier molecular flexibility index (Phi) is 7.97. The molecule has 1 atom stereocenters. The second-order valence-electron chi connectivity index (χ2n) is 4.17. The quantitative estimate of drug-likeness (QED) is 0.532. The van der Waals surface area contributed by atoms with Gasteiger partial charge in [-0.2, -0.15) is 0 Å². The van der Waals surface area contributed by atoms with Crippen molar-refractivity contribution in [1.29, 1.82) is 0 Å². The molecule has 1 aromatic rings. The number of halogens is 2. The van der Waals surface area contributed by atoms with Crippen molar-refractivity contribution < 1.29 is 17.9 Å². The largest absolute Gasteiger partial charge is 0.465 e. The van der Waals surface area contributed by atoms with Gasteiger partial charge >= 0.3 is 5.97 Å². The van der Waals surface area contributed by atoms with Crippen molar-refractivity contribution in [3.05, 3.63) is 21.3 Å². The summed E-state index contributed by atoms with van der Waals surface area (Å²) in [6.45, 7) is 1.84. The highest BCUT2D eigenvalue weighted by Crippen LogP contribution is 2.22. The van der Waals surface area contributed by atoms with Crippen LogP contribution in [0.5, 0.6) is 0 Å². The first kappa shape index (κ1) is 18.7. The first-order valence-corrected chi connectivity index (χ1v) is 9.73. The Balaban J connectivity index is 2.61. The van der Waals surface area contributed by atoms with E-state index in [4.69, 9.17) is 27.9 Å². The van der Waals surface area contributed by atoms with Crippen LogP contribution in [0.2, 0.25) is 4.34 Å². The topological polar surface area (TPSA) is 72.5 Å². The molecule has 5 nitrogen and oxygen atoms in total. The molecule has 0 spiro atoms. The predicted octanol–water partition coefficient (Wildman–Crippen LogP) is 2.42. The number of esters is 1. The lowest BCUT2D eigenvalue weighted by Gasteiger charge is -2.16. The normalized spacial score (nSPS) is 13.1. The van der Waals surface area contributed by atoms with E-state index in [9.17, 15) is 13.2 Å². The van der Waals surface area contributed by atoms with E-state index in [0.29, 0.717) is 10.8 Å². The number of sulfonamides is 1. The molecule has 0 saturated carbocycles. The SMILES string of the molecule is CCOC(=O)[C@H](CCCl)NS(=O)(=O)CCc1ccc(Cl)s1. The highest BCUT2D eigenvalue weighted by molar-refractivity contribution is 7.89. The van der Waals surface area contributed by atoms with Crippen molar-refractivity contribution in [1.82, 2.24) is 4.72 Å². The average molecular weight is 374 g/mol. The molecular weight excluding hydrogens is 357 g/mol. The highest BCUT2D eigenvalue weighted by Gasteiger charge is 2.25. The third-order valence-corrected chi connectivity index (χ3v) is 5.43. The van der Waals surface area contributed by atoms with E-state index < -0.39 is 22.0 Å². The standard InChI is InChI=1S/C12H17Cl2NO4S2/c1-2-19-12(16)10(5-7-13)15-21(17,18)8-6-9-3-4-11(14)20-9/h3-4,10,15H,2,5-8H2,1H3/t10-/m0/s1. The van der Waals surface area contributed by atoms with E-state index in [1.807, 2.05) is 0 Å². The summed E-state index contributed by atoms with van der Waals surface area (Å²) in [6.07, 6.45) is 0.521. The summed E-state index contributed by atoms with van der Waals surface area (Å²) in [5.41, 5.74) is 0. The molecule has 0 radical (unpaired) electrons. The molecule has 0 aromatic carbocycles. The lowest BCUT2D eigenvalue weighted by atomic mass is 10.2. The van der Waals surface area contributed by atoms with Crippen molar-refractivity contribution in [2.24, 2.45) is 0 Å². The summed E-state index contributed by atoms with van der Waals surface area (Å²) in [6, 6.07) is 2.56. The van der Waals surface area contributed by atoms with Gasteiger partial charge in [0.1, 0.15) is 6.04 Å². The molecule has 1 aromatic heterocycles. The lowest BCUT2D eigenvalue weighted by molar-refractivity contribution is -0.145. The maximum absolute atomic E-state index is 12.0. The fourth-order valence-electron chi connectivity index (χ4n) is 1.57. The number of ether oxygens (including phenoxy) is 1. The van der Waals surface area contributed by atoms with Gasteiger partial charge in [0.15, 0.2) is 0 Å². The van der Waals surface area contributed by atoms with Gasteiger partial charge in [-0.3, -0.25) is 4.79 Å². The van der Waals surface area contributed by atoms with Crippen LogP contribution in [-0.2, 0) is 26.0 Å². The number of nitrogens with one attached hydrogen (secondary N) is 1. The zero-order chi connectivity index (χ0) is 15.9. The minimum atomic E-state index is -3.60. The Hall–Kier alpha value is -0.340. The fourth-order valence-corrected chi connectivity index (χ4v) is 4.26. The number of alkyl halides is 1. The van der Waals surface area contributed by atoms with Gasteiger partial charge < -0.3 is 4.74 Å². The van der Waals surface area contributed by atoms with E-state index >= 15 is 0 Å². The number of rotatable bonds is 9. The number of carbonyl (C=O) groups is 1. The van der Waals surface area contributed by atoms with Crippen LogP contribution in [0.15, 0.2) is 12.1 Å². The molecule has 0 aliphatic heterocycles.